The van der Waals surface area contributed by atoms with Crippen LogP contribution >= 0.6 is 23.5 Å². The molecule has 3 aliphatic rings. The van der Waals surface area contributed by atoms with E-state index >= 15 is 0 Å². The Hall–Kier alpha value is -2.36. The fourth-order valence-electron chi connectivity index (χ4n) is 5.10. The van der Waals surface area contributed by atoms with E-state index in [2.05, 4.69) is 114 Å². The summed E-state index contributed by atoms with van der Waals surface area (Å²) in [5, 5.41) is 1.44. The summed E-state index contributed by atoms with van der Waals surface area (Å²) in [5.74, 6) is 0.309. The van der Waals surface area contributed by atoms with Crippen LogP contribution in [0, 0.1) is 0 Å². The normalized spacial score (nSPS) is 22.0. The van der Waals surface area contributed by atoms with E-state index in [4.69, 9.17) is 0 Å². The Morgan fingerprint density at radius 1 is 0.742 bits per heavy atom. The van der Waals surface area contributed by atoms with Gasteiger partial charge in [-0.1, -0.05) is 121 Å². The van der Waals surface area contributed by atoms with Gasteiger partial charge in [-0.2, -0.15) is 0 Å². The summed E-state index contributed by atoms with van der Waals surface area (Å²) >= 11 is 4.11. The molecule has 2 heterocycles. The third-order valence-electron chi connectivity index (χ3n) is 6.54. The van der Waals surface area contributed by atoms with Crippen molar-refractivity contribution in [3.63, 3.8) is 0 Å². The van der Waals surface area contributed by atoms with Crippen LogP contribution in [0.1, 0.15) is 42.7 Å². The standard InChI is InChI=1S/C28H25NS2/c1-4-12-21(13-5-1)24-20-25(22-14-6-2-7-15-22)30-27-26(24)31-28(18-10-11-19-28)29(27)23-16-8-3-9-17-23/h1-9,12-17,20,24H,10-11,18-19H2. The van der Waals surface area contributed by atoms with Crippen LogP contribution in [-0.4, -0.2) is 4.87 Å². The first kappa shape index (κ1) is 19.3. The van der Waals surface area contributed by atoms with Crippen LogP contribution in [0.2, 0.25) is 0 Å². The largest absolute Gasteiger partial charge is 0.320 e. The zero-order chi connectivity index (χ0) is 20.7. The van der Waals surface area contributed by atoms with E-state index in [1.54, 1.807) is 0 Å². The van der Waals surface area contributed by atoms with Crippen molar-refractivity contribution in [3.8, 4) is 0 Å². The van der Waals surface area contributed by atoms with Crippen molar-refractivity contribution in [2.45, 2.75) is 36.5 Å². The molecule has 1 saturated carbocycles. The predicted octanol–water partition coefficient (Wildman–Crippen LogP) is 8.25. The number of thioether (sulfide) groups is 2. The van der Waals surface area contributed by atoms with Gasteiger partial charge >= 0.3 is 0 Å². The molecule has 0 radical (unpaired) electrons. The monoisotopic (exact) mass is 439 g/mol. The lowest BCUT2D eigenvalue weighted by molar-refractivity contribution is 0.619. The Morgan fingerprint density at radius 2 is 1.35 bits per heavy atom. The molecule has 6 rings (SSSR count). The van der Waals surface area contributed by atoms with Gasteiger partial charge in [0, 0.05) is 21.4 Å². The van der Waals surface area contributed by atoms with Crippen molar-refractivity contribution in [2.75, 3.05) is 4.90 Å². The van der Waals surface area contributed by atoms with E-state index in [0.717, 1.165) is 0 Å². The minimum absolute atomic E-state index is 0.159. The Bertz CT molecular complexity index is 1130. The number of benzene rings is 3. The lowest BCUT2D eigenvalue weighted by atomic mass is 9.96. The third kappa shape index (κ3) is 3.35. The molecule has 0 saturated heterocycles. The van der Waals surface area contributed by atoms with Gasteiger partial charge in [0.1, 0.15) is 0 Å². The average Bonchev–Trinajstić information content (AvgIpc) is 3.44. The summed E-state index contributed by atoms with van der Waals surface area (Å²) in [4.78, 5) is 5.74. The van der Waals surface area contributed by atoms with E-state index < -0.39 is 0 Å². The smallest absolute Gasteiger partial charge is 0.0958 e. The minimum Gasteiger partial charge on any atom is -0.320 e. The number of allylic oxidation sites excluding steroid dienone is 2. The Morgan fingerprint density at radius 3 is 2.03 bits per heavy atom. The molecule has 31 heavy (non-hydrogen) atoms. The molecule has 1 unspecified atom stereocenters. The van der Waals surface area contributed by atoms with E-state index in [9.17, 15) is 0 Å². The first-order valence-corrected chi connectivity index (χ1v) is 12.8. The summed E-state index contributed by atoms with van der Waals surface area (Å²) in [5.41, 5.74) is 4.03. The second-order valence-corrected chi connectivity index (χ2v) is 10.9. The average molecular weight is 440 g/mol. The highest BCUT2D eigenvalue weighted by Crippen LogP contribution is 2.64. The maximum absolute atomic E-state index is 2.69. The van der Waals surface area contributed by atoms with Gasteiger partial charge in [-0.15, -0.1) is 0 Å². The Kier molecular flexibility index (Phi) is 4.96. The molecule has 0 aromatic heterocycles. The van der Waals surface area contributed by atoms with Crippen molar-refractivity contribution in [1.82, 2.24) is 0 Å². The van der Waals surface area contributed by atoms with Crippen molar-refractivity contribution in [1.29, 1.82) is 0 Å². The van der Waals surface area contributed by atoms with Crippen molar-refractivity contribution in [3.05, 3.63) is 118 Å². The SMILES string of the molecule is C1=C(c2ccccc2)SC2=C(SC3(CCCC3)N2c2ccccc2)C1c1ccccc1. The van der Waals surface area contributed by atoms with Gasteiger partial charge in [0.05, 0.1) is 9.90 Å². The molecule has 1 aliphatic carbocycles. The molecular weight excluding hydrogens is 414 g/mol. The highest BCUT2D eigenvalue weighted by Gasteiger charge is 2.51. The molecule has 3 aromatic rings. The summed E-state index contributed by atoms with van der Waals surface area (Å²) in [6, 6.07) is 33.0. The highest BCUT2D eigenvalue weighted by atomic mass is 32.2. The molecule has 0 bridgehead atoms. The van der Waals surface area contributed by atoms with E-state index in [1.165, 1.54) is 57.3 Å². The number of anilines is 1. The van der Waals surface area contributed by atoms with Crippen LogP contribution in [0.3, 0.4) is 0 Å². The molecule has 3 aromatic carbocycles. The molecule has 154 valence electrons. The van der Waals surface area contributed by atoms with Gasteiger partial charge in [-0.3, -0.25) is 0 Å². The Balaban J connectivity index is 1.52. The summed E-state index contributed by atoms with van der Waals surface area (Å²) < 4.78 is 0. The molecule has 0 N–H and O–H groups in total. The summed E-state index contributed by atoms with van der Waals surface area (Å²) in [7, 11) is 0. The topological polar surface area (TPSA) is 3.24 Å². The Labute approximate surface area is 193 Å². The fourth-order valence-corrected chi connectivity index (χ4v) is 8.37. The predicted molar refractivity (Wildman–Crippen MR) is 136 cm³/mol. The quantitative estimate of drug-likeness (QED) is 0.404. The van der Waals surface area contributed by atoms with Crippen LogP contribution < -0.4 is 4.90 Å². The van der Waals surface area contributed by atoms with Crippen LogP contribution in [0.15, 0.2) is 107 Å². The summed E-state index contributed by atoms with van der Waals surface area (Å²) in [6.07, 6.45) is 7.63. The van der Waals surface area contributed by atoms with E-state index in [-0.39, 0.29) is 4.87 Å². The van der Waals surface area contributed by atoms with Crippen LogP contribution in [-0.2, 0) is 0 Å². The fraction of sp³-hybridized carbons (Fsp3) is 0.214. The number of nitrogens with zero attached hydrogens (tertiary/aromatic N) is 1. The first-order chi connectivity index (χ1) is 15.3. The number of hydrogen-bond donors (Lipinski definition) is 0. The van der Waals surface area contributed by atoms with E-state index in [0.29, 0.717) is 5.92 Å². The lowest BCUT2D eigenvalue weighted by Crippen LogP contribution is -2.39. The number of para-hydroxylation sites is 1. The molecular formula is C28H25NS2. The zero-order valence-electron chi connectivity index (χ0n) is 17.4. The van der Waals surface area contributed by atoms with Crippen LogP contribution in [0.25, 0.3) is 4.91 Å². The highest BCUT2D eigenvalue weighted by molar-refractivity contribution is 8.14. The minimum atomic E-state index is 0.159. The van der Waals surface area contributed by atoms with Crippen molar-refractivity contribution < 1.29 is 0 Å². The van der Waals surface area contributed by atoms with Crippen molar-refractivity contribution in [2.24, 2.45) is 0 Å². The number of rotatable bonds is 3. The van der Waals surface area contributed by atoms with Gasteiger partial charge in [-0.25, -0.2) is 0 Å². The maximum atomic E-state index is 2.69. The van der Waals surface area contributed by atoms with Crippen LogP contribution in [0.4, 0.5) is 5.69 Å². The van der Waals surface area contributed by atoms with Gasteiger partial charge in [-0.05, 0) is 36.1 Å². The first-order valence-electron chi connectivity index (χ1n) is 11.1. The molecule has 0 amide bonds. The second-order valence-electron chi connectivity index (χ2n) is 8.48. The van der Waals surface area contributed by atoms with Gasteiger partial charge < -0.3 is 4.90 Å². The van der Waals surface area contributed by atoms with Crippen LogP contribution in [0.5, 0.6) is 0 Å². The molecule has 2 aliphatic heterocycles. The second kappa shape index (κ2) is 7.96. The lowest BCUT2D eigenvalue weighted by Gasteiger charge is -2.37. The van der Waals surface area contributed by atoms with E-state index in [1.807, 2.05) is 11.8 Å². The zero-order valence-corrected chi connectivity index (χ0v) is 19.0. The van der Waals surface area contributed by atoms with Crippen molar-refractivity contribution >= 4 is 34.1 Å². The van der Waals surface area contributed by atoms with Gasteiger partial charge in [0.15, 0.2) is 0 Å². The molecule has 1 spiro atoms. The molecule has 1 fully saturated rings. The molecule has 1 nitrogen and oxygen atoms in total. The number of hydrogen-bond acceptors (Lipinski definition) is 3. The molecule has 3 heteroatoms. The third-order valence-corrected chi connectivity index (χ3v) is 9.50. The summed E-state index contributed by atoms with van der Waals surface area (Å²) in [6.45, 7) is 0. The van der Waals surface area contributed by atoms with Gasteiger partial charge in [0.2, 0.25) is 0 Å². The molecule has 1 atom stereocenters. The van der Waals surface area contributed by atoms with Gasteiger partial charge in [0.25, 0.3) is 0 Å². The maximum Gasteiger partial charge on any atom is 0.0958 e.